The van der Waals surface area contributed by atoms with Gasteiger partial charge in [-0.1, -0.05) is 62.8 Å². The SMILES string of the molecule is CCOc1ccccc1NC(=O)CCCCCCCCCCN1C(=O)c2ccccc2C1=O. The van der Waals surface area contributed by atoms with Gasteiger partial charge in [-0.15, -0.1) is 0 Å². The third-order valence-electron chi connectivity index (χ3n) is 5.87. The number of amides is 3. The molecular weight excluding hydrogens is 416 g/mol. The number of anilines is 1. The molecule has 0 aromatic heterocycles. The van der Waals surface area contributed by atoms with E-state index in [2.05, 4.69) is 5.32 Å². The van der Waals surface area contributed by atoms with Gasteiger partial charge in [0.05, 0.1) is 23.4 Å². The van der Waals surface area contributed by atoms with Gasteiger partial charge >= 0.3 is 0 Å². The van der Waals surface area contributed by atoms with Crippen LogP contribution in [0.2, 0.25) is 0 Å². The number of imide groups is 1. The van der Waals surface area contributed by atoms with Crippen molar-refractivity contribution < 1.29 is 19.1 Å². The highest BCUT2D eigenvalue weighted by molar-refractivity contribution is 6.21. The van der Waals surface area contributed by atoms with Crippen LogP contribution in [0.5, 0.6) is 5.75 Å². The van der Waals surface area contributed by atoms with Crippen LogP contribution in [-0.2, 0) is 4.79 Å². The summed E-state index contributed by atoms with van der Waals surface area (Å²) >= 11 is 0. The number of carbonyl (C=O) groups excluding carboxylic acids is 3. The summed E-state index contributed by atoms with van der Waals surface area (Å²) in [5.41, 5.74) is 1.77. The number of nitrogens with one attached hydrogen (secondary N) is 1. The number of hydrogen-bond acceptors (Lipinski definition) is 4. The molecule has 1 N–H and O–H groups in total. The molecule has 3 amide bonds. The minimum atomic E-state index is -0.166. The zero-order valence-electron chi connectivity index (χ0n) is 19.5. The van der Waals surface area contributed by atoms with E-state index in [-0.39, 0.29) is 17.7 Å². The second-order valence-electron chi connectivity index (χ2n) is 8.36. The van der Waals surface area contributed by atoms with Crippen molar-refractivity contribution in [1.82, 2.24) is 4.90 Å². The fraction of sp³-hybridized carbons (Fsp3) is 0.444. The average molecular weight is 451 g/mol. The Morgan fingerprint density at radius 3 is 1.97 bits per heavy atom. The van der Waals surface area contributed by atoms with Gasteiger partial charge in [0.1, 0.15) is 5.75 Å². The standard InChI is InChI=1S/C27H34N2O4/c1-2-33-24-18-13-12-17-23(24)28-25(30)19-9-7-5-3-4-6-8-14-20-29-26(31)21-15-10-11-16-22(21)27(29)32/h10-13,15-18H,2-9,14,19-20H2,1H3,(H,28,30). The van der Waals surface area contributed by atoms with Crippen LogP contribution in [0.3, 0.4) is 0 Å². The number of unbranched alkanes of at least 4 members (excludes halogenated alkanes) is 7. The molecule has 0 fully saturated rings. The first-order chi connectivity index (χ1) is 16.1. The average Bonchev–Trinajstić information content (AvgIpc) is 3.06. The Bertz CT molecular complexity index is 922. The maximum atomic E-state index is 12.3. The van der Waals surface area contributed by atoms with Gasteiger partial charge in [0.25, 0.3) is 11.8 Å². The second kappa shape index (κ2) is 12.8. The Kier molecular flexibility index (Phi) is 9.48. The van der Waals surface area contributed by atoms with Crippen molar-refractivity contribution in [3.8, 4) is 5.75 Å². The number of ether oxygens (including phenoxy) is 1. The molecule has 1 aliphatic heterocycles. The highest BCUT2D eigenvalue weighted by Crippen LogP contribution is 2.24. The molecule has 0 saturated carbocycles. The number of hydrogen-bond donors (Lipinski definition) is 1. The van der Waals surface area contributed by atoms with E-state index in [1.165, 1.54) is 4.90 Å². The third kappa shape index (κ3) is 6.91. The van der Waals surface area contributed by atoms with Crippen LogP contribution in [0.15, 0.2) is 48.5 Å². The first-order valence-electron chi connectivity index (χ1n) is 12.1. The fourth-order valence-electron chi connectivity index (χ4n) is 4.12. The number of fused-ring (bicyclic) bond motifs is 1. The summed E-state index contributed by atoms with van der Waals surface area (Å²) < 4.78 is 5.54. The zero-order chi connectivity index (χ0) is 23.5. The molecule has 0 aliphatic carbocycles. The molecule has 0 saturated heterocycles. The smallest absolute Gasteiger partial charge is 0.261 e. The van der Waals surface area contributed by atoms with Crippen molar-refractivity contribution in [3.63, 3.8) is 0 Å². The number of rotatable bonds is 14. The molecule has 176 valence electrons. The predicted molar refractivity (Wildman–Crippen MR) is 130 cm³/mol. The lowest BCUT2D eigenvalue weighted by Gasteiger charge is -2.13. The van der Waals surface area contributed by atoms with Crippen LogP contribution in [0.1, 0.15) is 85.4 Å². The molecule has 0 radical (unpaired) electrons. The van der Waals surface area contributed by atoms with Crippen molar-refractivity contribution in [2.75, 3.05) is 18.5 Å². The molecule has 6 heteroatoms. The topological polar surface area (TPSA) is 75.7 Å². The Labute approximate surface area is 196 Å². The Balaban J connectivity index is 1.20. The summed E-state index contributed by atoms with van der Waals surface area (Å²) in [5.74, 6) is 0.397. The van der Waals surface area contributed by atoms with Crippen LogP contribution < -0.4 is 10.1 Å². The predicted octanol–water partition coefficient (Wildman–Crippen LogP) is 5.83. The van der Waals surface area contributed by atoms with Crippen LogP contribution >= 0.6 is 0 Å². The van der Waals surface area contributed by atoms with Gasteiger partial charge in [0.2, 0.25) is 5.91 Å². The van der Waals surface area contributed by atoms with Crippen LogP contribution in [-0.4, -0.2) is 35.8 Å². The molecule has 6 nitrogen and oxygen atoms in total. The molecule has 0 spiro atoms. The highest BCUT2D eigenvalue weighted by atomic mass is 16.5. The van der Waals surface area contributed by atoms with E-state index >= 15 is 0 Å². The van der Waals surface area contributed by atoms with Gasteiger partial charge in [-0.05, 0) is 44.0 Å². The molecule has 0 unspecified atom stereocenters. The lowest BCUT2D eigenvalue weighted by Crippen LogP contribution is -2.30. The van der Waals surface area contributed by atoms with Crippen LogP contribution in [0, 0.1) is 0 Å². The summed E-state index contributed by atoms with van der Waals surface area (Å²) in [6.45, 7) is 2.98. The third-order valence-corrected chi connectivity index (χ3v) is 5.87. The maximum Gasteiger partial charge on any atom is 0.261 e. The van der Waals surface area contributed by atoms with E-state index in [0.29, 0.717) is 36.4 Å². The maximum absolute atomic E-state index is 12.3. The van der Waals surface area contributed by atoms with Gasteiger partial charge < -0.3 is 10.1 Å². The van der Waals surface area contributed by atoms with Gasteiger partial charge in [-0.2, -0.15) is 0 Å². The summed E-state index contributed by atoms with van der Waals surface area (Å²) in [4.78, 5) is 38.2. The fourth-order valence-corrected chi connectivity index (χ4v) is 4.12. The van der Waals surface area contributed by atoms with E-state index in [1.807, 2.05) is 31.2 Å². The Morgan fingerprint density at radius 1 is 0.788 bits per heavy atom. The molecule has 1 heterocycles. The first-order valence-corrected chi connectivity index (χ1v) is 12.1. The van der Waals surface area contributed by atoms with E-state index in [4.69, 9.17) is 4.74 Å². The van der Waals surface area contributed by atoms with Crippen molar-refractivity contribution in [2.24, 2.45) is 0 Å². The van der Waals surface area contributed by atoms with Crippen LogP contribution in [0.25, 0.3) is 0 Å². The molecule has 33 heavy (non-hydrogen) atoms. The van der Waals surface area contributed by atoms with Gasteiger partial charge in [-0.25, -0.2) is 0 Å². The zero-order valence-corrected chi connectivity index (χ0v) is 19.5. The normalized spacial score (nSPS) is 12.7. The van der Waals surface area contributed by atoms with E-state index in [9.17, 15) is 14.4 Å². The van der Waals surface area contributed by atoms with E-state index in [0.717, 1.165) is 57.1 Å². The summed E-state index contributed by atoms with van der Waals surface area (Å²) in [7, 11) is 0. The Morgan fingerprint density at radius 2 is 1.33 bits per heavy atom. The summed E-state index contributed by atoms with van der Waals surface area (Å²) in [6, 6.07) is 14.5. The summed E-state index contributed by atoms with van der Waals surface area (Å²) in [6.07, 6.45) is 8.76. The molecule has 2 aromatic rings. The molecule has 0 atom stereocenters. The molecular formula is C27H34N2O4. The summed E-state index contributed by atoms with van der Waals surface area (Å²) in [5, 5.41) is 2.94. The quantitative estimate of drug-likeness (QED) is 0.290. The molecule has 0 bridgehead atoms. The monoisotopic (exact) mass is 450 g/mol. The number of carbonyl (C=O) groups is 3. The molecule has 2 aromatic carbocycles. The van der Waals surface area contributed by atoms with Crippen molar-refractivity contribution in [1.29, 1.82) is 0 Å². The number of benzene rings is 2. The second-order valence-corrected chi connectivity index (χ2v) is 8.36. The highest BCUT2D eigenvalue weighted by Gasteiger charge is 2.34. The van der Waals surface area contributed by atoms with Gasteiger partial charge in [0, 0.05) is 13.0 Å². The lowest BCUT2D eigenvalue weighted by molar-refractivity contribution is -0.116. The minimum absolute atomic E-state index is 0.0234. The molecule has 3 rings (SSSR count). The van der Waals surface area contributed by atoms with Crippen LogP contribution in [0.4, 0.5) is 5.69 Å². The number of nitrogens with zero attached hydrogens (tertiary/aromatic N) is 1. The van der Waals surface area contributed by atoms with Gasteiger partial charge in [0.15, 0.2) is 0 Å². The first kappa shape index (κ1) is 24.5. The Hall–Kier alpha value is -3.15. The largest absolute Gasteiger partial charge is 0.492 e. The van der Waals surface area contributed by atoms with Gasteiger partial charge in [-0.3, -0.25) is 19.3 Å². The minimum Gasteiger partial charge on any atom is -0.492 e. The van der Waals surface area contributed by atoms with E-state index in [1.54, 1.807) is 24.3 Å². The molecule has 1 aliphatic rings. The van der Waals surface area contributed by atoms with E-state index < -0.39 is 0 Å². The number of para-hydroxylation sites is 2. The van der Waals surface area contributed by atoms with Crippen molar-refractivity contribution >= 4 is 23.4 Å². The van der Waals surface area contributed by atoms with Crippen molar-refractivity contribution in [3.05, 3.63) is 59.7 Å². The van der Waals surface area contributed by atoms with Crippen molar-refractivity contribution in [2.45, 2.75) is 64.7 Å². The lowest BCUT2D eigenvalue weighted by atomic mass is 10.1.